The summed E-state index contributed by atoms with van der Waals surface area (Å²) in [4.78, 5) is 29.4. The molecular formula is C17H23N5O2S. The van der Waals surface area contributed by atoms with Gasteiger partial charge in [-0.3, -0.25) is 19.2 Å². The van der Waals surface area contributed by atoms with Gasteiger partial charge in [0.1, 0.15) is 0 Å². The molecule has 0 aromatic carbocycles. The Labute approximate surface area is 151 Å². The van der Waals surface area contributed by atoms with Gasteiger partial charge in [-0.1, -0.05) is 6.07 Å². The molecule has 0 aliphatic carbocycles. The van der Waals surface area contributed by atoms with Crippen LogP contribution in [0.25, 0.3) is 0 Å². The third-order valence-electron chi connectivity index (χ3n) is 4.53. The molecule has 2 aromatic heterocycles. The number of aromatic nitrogens is 2. The third kappa shape index (κ3) is 3.91. The van der Waals surface area contributed by atoms with Crippen LogP contribution in [-0.4, -0.2) is 64.1 Å². The van der Waals surface area contributed by atoms with Crippen molar-refractivity contribution in [3.8, 4) is 0 Å². The molecule has 8 heteroatoms. The van der Waals surface area contributed by atoms with E-state index < -0.39 is 0 Å². The van der Waals surface area contributed by atoms with Crippen LogP contribution in [0.3, 0.4) is 0 Å². The summed E-state index contributed by atoms with van der Waals surface area (Å²) in [5, 5.41) is 9.18. The number of thiophene rings is 1. The molecule has 0 unspecified atom stereocenters. The Balaban J connectivity index is 1.50. The van der Waals surface area contributed by atoms with Crippen molar-refractivity contribution in [3.63, 3.8) is 0 Å². The average Bonchev–Trinajstić information content (AvgIpc) is 3.20. The fourth-order valence-corrected chi connectivity index (χ4v) is 3.69. The van der Waals surface area contributed by atoms with Crippen LogP contribution in [0.4, 0.5) is 5.69 Å². The molecule has 0 radical (unpaired) electrons. The lowest BCUT2D eigenvalue weighted by atomic mass is 10.2. The minimum absolute atomic E-state index is 0.0442. The smallest absolute Gasteiger partial charge is 0.264 e. The maximum atomic E-state index is 12.3. The monoisotopic (exact) mass is 361 g/mol. The molecular weight excluding hydrogens is 338 g/mol. The molecule has 2 aromatic rings. The first-order chi connectivity index (χ1) is 12.0. The number of nitrogens with one attached hydrogen (secondary N) is 1. The Bertz CT molecular complexity index is 760. The SMILES string of the molecule is Cc1nn(C)c(C)c1NC(=O)CN1CCN(C(=O)c2cccs2)CC1. The predicted molar refractivity (Wildman–Crippen MR) is 98.0 cm³/mol. The Hall–Kier alpha value is -2.19. The van der Waals surface area contributed by atoms with Crippen molar-refractivity contribution >= 4 is 28.8 Å². The van der Waals surface area contributed by atoms with Gasteiger partial charge in [0.15, 0.2) is 0 Å². The van der Waals surface area contributed by atoms with E-state index in [1.54, 1.807) is 4.68 Å². The molecule has 3 heterocycles. The maximum absolute atomic E-state index is 12.3. The van der Waals surface area contributed by atoms with E-state index in [1.165, 1.54) is 11.3 Å². The van der Waals surface area contributed by atoms with Crippen molar-refractivity contribution in [3.05, 3.63) is 33.8 Å². The van der Waals surface area contributed by atoms with Gasteiger partial charge >= 0.3 is 0 Å². The highest BCUT2D eigenvalue weighted by molar-refractivity contribution is 7.12. The van der Waals surface area contributed by atoms with E-state index in [1.807, 2.05) is 43.3 Å². The van der Waals surface area contributed by atoms with Crippen LogP contribution in [-0.2, 0) is 11.8 Å². The summed E-state index contributed by atoms with van der Waals surface area (Å²) in [5.74, 6) is 0.0398. The Morgan fingerprint density at radius 2 is 1.96 bits per heavy atom. The minimum atomic E-state index is -0.0442. The Kier molecular flexibility index (Phi) is 5.19. The van der Waals surface area contributed by atoms with Crippen molar-refractivity contribution in [1.82, 2.24) is 19.6 Å². The second kappa shape index (κ2) is 7.37. The summed E-state index contributed by atoms with van der Waals surface area (Å²) in [6.07, 6.45) is 0. The lowest BCUT2D eigenvalue weighted by Gasteiger charge is -2.34. The second-order valence-electron chi connectivity index (χ2n) is 6.26. The normalized spacial score (nSPS) is 15.4. The van der Waals surface area contributed by atoms with E-state index in [0.29, 0.717) is 32.7 Å². The van der Waals surface area contributed by atoms with E-state index >= 15 is 0 Å². The summed E-state index contributed by atoms with van der Waals surface area (Å²) in [5.41, 5.74) is 2.55. The van der Waals surface area contributed by atoms with Crippen LogP contribution in [0.15, 0.2) is 17.5 Å². The molecule has 0 bridgehead atoms. The molecule has 7 nitrogen and oxygen atoms in total. The minimum Gasteiger partial charge on any atom is -0.335 e. The number of anilines is 1. The highest BCUT2D eigenvalue weighted by Gasteiger charge is 2.24. The van der Waals surface area contributed by atoms with Gasteiger partial charge in [-0.2, -0.15) is 5.10 Å². The zero-order chi connectivity index (χ0) is 18.0. The second-order valence-corrected chi connectivity index (χ2v) is 7.21. The molecule has 3 rings (SSSR count). The quantitative estimate of drug-likeness (QED) is 0.896. The van der Waals surface area contributed by atoms with Gasteiger partial charge in [-0.25, -0.2) is 0 Å². The van der Waals surface area contributed by atoms with Gasteiger partial charge in [0.2, 0.25) is 5.91 Å². The number of aryl methyl sites for hydroxylation is 2. The Morgan fingerprint density at radius 3 is 2.52 bits per heavy atom. The van der Waals surface area contributed by atoms with Crippen LogP contribution in [0.2, 0.25) is 0 Å². The molecule has 1 fully saturated rings. The van der Waals surface area contributed by atoms with Gasteiger partial charge in [-0.05, 0) is 25.3 Å². The van der Waals surface area contributed by atoms with Crippen LogP contribution < -0.4 is 5.32 Å². The fraction of sp³-hybridized carbons (Fsp3) is 0.471. The number of rotatable bonds is 4. The summed E-state index contributed by atoms with van der Waals surface area (Å²) in [6, 6.07) is 3.74. The van der Waals surface area contributed by atoms with Crippen LogP contribution in [0.1, 0.15) is 21.1 Å². The summed E-state index contributed by atoms with van der Waals surface area (Å²) >= 11 is 1.47. The molecule has 0 saturated carbocycles. The first kappa shape index (κ1) is 17.6. The number of piperazine rings is 1. The van der Waals surface area contributed by atoms with Gasteiger partial charge in [0, 0.05) is 33.2 Å². The largest absolute Gasteiger partial charge is 0.335 e. The highest BCUT2D eigenvalue weighted by atomic mass is 32.1. The first-order valence-corrected chi connectivity index (χ1v) is 9.19. The van der Waals surface area contributed by atoms with Crippen molar-refractivity contribution < 1.29 is 9.59 Å². The number of nitrogens with zero attached hydrogens (tertiary/aromatic N) is 4. The topological polar surface area (TPSA) is 70.5 Å². The predicted octanol–water partition coefficient (Wildman–Crippen LogP) is 1.49. The highest BCUT2D eigenvalue weighted by Crippen LogP contribution is 2.18. The zero-order valence-electron chi connectivity index (χ0n) is 14.8. The molecule has 0 atom stereocenters. The molecule has 2 amide bonds. The van der Waals surface area contributed by atoms with Gasteiger partial charge in [-0.15, -0.1) is 11.3 Å². The van der Waals surface area contributed by atoms with E-state index in [4.69, 9.17) is 0 Å². The van der Waals surface area contributed by atoms with Crippen LogP contribution in [0.5, 0.6) is 0 Å². The van der Waals surface area contributed by atoms with E-state index in [9.17, 15) is 9.59 Å². The van der Waals surface area contributed by atoms with E-state index in [2.05, 4.69) is 15.3 Å². The number of carbonyl (C=O) groups is 2. The van der Waals surface area contributed by atoms with Gasteiger partial charge in [0.05, 0.1) is 28.5 Å². The number of hydrogen-bond donors (Lipinski definition) is 1. The van der Waals surface area contributed by atoms with E-state index in [-0.39, 0.29) is 11.8 Å². The van der Waals surface area contributed by atoms with Crippen molar-refractivity contribution in [1.29, 1.82) is 0 Å². The summed E-state index contributed by atoms with van der Waals surface area (Å²) in [7, 11) is 1.86. The molecule has 0 spiro atoms. The lowest BCUT2D eigenvalue weighted by Crippen LogP contribution is -2.50. The molecule has 1 aliphatic rings. The number of hydrogen-bond acceptors (Lipinski definition) is 5. The fourth-order valence-electron chi connectivity index (χ4n) is 3.00. The standard InChI is InChI=1S/C17H23N5O2S/c1-12-16(13(2)20(3)19-12)18-15(23)11-21-6-8-22(9-7-21)17(24)14-5-4-10-25-14/h4-5,10H,6-9,11H2,1-3H3,(H,18,23). The van der Waals surface area contributed by atoms with Gasteiger partial charge < -0.3 is 10.2 Å². The first-order valence-electron chi connectivity index (χ1n) is 8.31. The molecule has 134 valence electrons. The molecule has 1 aliphatic heterocycles. The molecule has 1 N–H and O–H groups in total. The molecule has 25 heavy (non-hydrogen) atoms. The number of amides is 2. The Morgan fingerprint density at radius 1 is 1.24 bits per heavy atom. The summed E-state index contributed by atoms with van der Waals surface area (Å²) < 4.78 is 1.76. The molecule has 1 saturated heterocycles. The summed E-state index contributed by atoms with van der Waals surface area (Å²) in [6.45, 7) is 6.85. The van der Waals surface area contributed by atoms with Gasteiger partial charge in [0.25, 0.3) is 5.91 Å². The zero-order valence-corrected chi connectivity index (χ0v) is 15.6. The van der Waals surface area contributed by atoms with Crippen molar-refractivity contribution in [2.45, 2.75) is 13.8 Å². The maximum Gasteiger partial charge on any atom is 0.264 e. The average molecular weight is 361 g/mol. The van der Waals surface area contributed by atoms with Crippen LogP contribution in [0, 0.1) is 13.8 Å². The van der Waals surface area contributed by atoms with Crippen molar-refractivity contribution in [2.24, 2.45) is 7.05 Å². The lowest BCUT2D eigenvalue weighted by molar-refractivity contribution is -0.117. The van der Waals surface area contributed by atoms with E-state index in [0.717, 1.165) is 22.0 Å². The number of carbonyl (C=O) groups excluding carboxylic acids is 2. The third-order valence-corrected chi connectivity index (χ3v) is 5.39. The van der Waals surface area contributed by atoms with Crippen molar-refractivity contribution in [2.75, 3.05) is 38.0 Å². The van der Waals surface area contributed by atoms with Crippen LogP contribution >= 0.6 is 11.3 Å².